The van der Waals surface area contributed by atoms with E-state index in [-0.39, 0.29) is 11.1 Å². The zero-order valence-electron chi connectivity index (χ0n) is 8.48. The molecule has 1 heterocycles. The maximum absolute atomic E-state index is 11.7. The van der Waals surface area contributed by atoms with Crippen LogP contribution in [0.15, 0.2) is 47.9 Å². The first-order valence-corrected chi connectivity index (χ1v) is 4.76. The zero-order valence-corrected chi connectivity index (χ0v) is 9.24. The number of pyridine rings is 1. The van der Waals surface area contributed by atoms with Gasteiger partial charge in [0, 0.05) is 18.0 Å². The lowest BCUT2D eigenvalue weighted by Gasteiger charge is -2.04. The molecule has 0 unspecified atom stereocenters. The van der Waals surface area contributed by atoms with Crippen molar-refractivity contribution < 1.29 is 4.79 Å². The van der Waals surface area contributed by atoms with Crippen molar-refractivity contribution in [3.8, 4) is 0 Å². The first kappa shape index (κ1) is 12.1. The Bertz CT molecular complexity index is 454. The lowest BCUT2D eigenvalue weighted by molar-refractivity contribution is 0.0967. The van der Waals surface area contributed by atoms with Crippen LogP contribution < -0.4 is 5.32 Å². The Morgan fingerprint density at radius 1 is 1.62 bits per heavy atom. The van der Waals surface area contributed by atoms with E-state index in [1.807, 2.05) is 0 Å². The minimum Gasteiger partial charge on any atom is -0.321 e. The number of carbonyl (C=O) groups excluding carboxylic acids is 1. The van der Waals surface area contributed by atoms with E-state index in [0.29, 0.717) is 11.3 Å². The summed E-state index contributed by atoms with van der Waals surface area (Å²) in [5.74, 6) is -0.306. The number of rotatable bonds is 4. The number of allylic oxidation sites excluding steroid dienone is 1. The third-order valence-electron chi connectivity index (χ3n) is 1.70. The predicted octanol–water partition coefficient (Wildman–Crippen LogP) is 2.19. The highest BCUT2D eigenvalue weighted by molar-refractivity contribution is 6.29. The van der Waals surface area contributed by atoms with Crippen LogP contribution in [0.2, 0.25) is 5.15 Å². The fourth-order valence-corrected chi connectivity index (χ4v) is 1.16. The number of amides is 1. The Kier molecular flexibility index (Phi) is 4.42. The first-order valence-electron chi connectivity index (χ1n) is 4.38. The third-order valence-corrected chi connectivity index (χ3v) is 1.90. The molecule has 0 aromatic carbocycles. The van der Waals surface area contributed by atoms with Crippen LogP contribution in [0, 0.1) is 0 Å². The molecule has 16 heavy (non-hydrogen) atoms. The van der Waals surface area contributed by atoms with Crippen molar-refractivity contribution in [3.63, 3.8) is 0 Å². The van der Waals surface area contributed by atoms with Gasteiger partial charge in [-0.1, -0.05) is 18.2 Å². The molecule has 0 aliphatic rings. The Hall–Kier alpha value is -1.94. The smallest absolute Gasteiger partial charge is 0.255 e. The summed E-state index contributed by atoms with van der Waals surface area (Å²) < 4.78 is 0. The molecule has 1 aromatic heterocycles. The Morgan fingerprint density at radius 3 is 2.94 bits per heavy atom. The summed E-state index contributed by atoms with van der Waals surface area (Å²) in [5, 5.41) is 2.86. The summed E-state index contributed by atoms with van der Waals surface area (Å²) in [6, 6.07) is 3.03. The van der Waals surface area contributed by atoms with Gasteiger partial charge in [-0.15, -0.1) is 0 Å². The lowest BCUT2D eigenvalue weighted by atomic mass is 10.2. The van der Waals surface area contributed by atoms with Crippen molar-refractivity contribution in [2.24, 2.45) is 4.99 Å². The maximum atomic E-state index is 11.7. The van der Waals surface area contributed by atoms with Gasteiger partial charge in [0.25, 0.3) is 5.91 Å². The second-order valence-electron chi connectivity index (χ2n) is 2.79. The number of nitrogens with one attached hydrogen (secondary N) is 1. The fraction of sp³-hybridized carbons (Fsp3) is 0. The summed E-state index contributed by atoms with van der Waals surface area (Å²) in [7, 11) is 0. The highest BCUT2D eigenvalue weighted by Gasteiger charge is 2.06. The summed E-state index contributed by atoms with van der Waals surface area (Å²) in [4.78, 5) is 19.0. The van der Waals surface area contributed by atoms with Gasteiger partial charge in [-0.05, 0) is 24.9 Å². The van der Waals surface area contributed by atoms with Crippen LogP contribution in [-0.4, -0.2) is 17.6 Å². The number of aromatic nitrogens is 1. The quantitative estimate of drug-likeness (QED) is 0.494. The van der Waals surface area contributed by atoms with E-state index >= 15 is 0 Å². The van der Waals surface area contributed by atoms with Crippen LogP contribution in [-0.2, 0) is 0 Å². The van der Waals surface area contributed by atoms with E-state index in [2.05, 4.69) is 28.6 Å². The van der Waals surface area contributed by atoms with Gasteiger partial charge in [0.05, 0.1) is 5.70 Å². The molecule has 0 spiro atoms. The van der Waals surface area contributed by atoms with Crippen molar-refractivity contribution in [2.45, 2.75) is 0 Å². The number of hydrogen-bond acceptors (Lipinski definition) is 3. The number of nitrogens with zero attached hydrogens (tertiary/aromatic N) is 2. The molecule has 5 heteroatoms. The molecule has 0 atom stereocenters. The summed E-state index contributed by atoms with van der Waals surface area (Å²) in [6.45, 7) is 6.82. The minimum atomic E-state index is -0.306. The maximum Gasteiger partial charge on any atom is 0.255 e. The minimum absolute atomic E-state index is 0.263. The molecule has 0 aliphatic carbocycles. The van der Waals surface area contributed by atoms with Gasteiger partial charge in [-0.2, -0.15) is 0 Å². The van der Waals surface area contributed by atoms with E-state index < -0.39 is 0 Å². The van der Waals surface area contributed by atoms with E-state index in [1.165, 1.54) is 24.5 Å². The van der Waals surface area contributed by atoms with E-state index in [0.717, 1.165) is 0 Å². The van der Waals surface area contributed by atoms with Gasteiger partial charge in [0.1, 0.15) is 5.15 Å². The number of halogens is 1. The van der Waals surface area contributed by atoms with Crippen molar-refractivity contribution >= 4 is 24.2 Å². The topological polar surface area (TPSA) is 54.4 Å². The number of carbonyl (C=O) groups is 1. The average molecular weight is 236 g/mol. The fourth-order valence-electron chi connectivity index (χ4n) is 0.981. The molecule has 0 bridgehead atoms. The first-order chi connectivity index (χ1) is 7.67. The van der Waals surface area contributed by atoms with Crippen molar-refractivity contribution in [2.75, 3.05) is 0 Å². The second kappa shape index (κ2) is 5.82. The van der Waals surface area contributed by atoms with Gasteiger partial charge in [-0.3, -0.25) is 9.79 Å². The van der Waals surface area contributed by atoms with Crippen molar-refractivity contribution in [1.82, 2.24) is 10.3 Å². The average Bonchev–Trinajstić information content (AvgIpc) is 2.28. The summed E-state index contributed by atoms with van der Waals surface area (Å²) >= 11 is 5.67. The predicted molar refractivity (Wildman–Crippen MR) is 64.5 cm³/mol. The molecule has 1 aromatic rings. The molecule has 82 valence electrons. The van der Waals surface area contributed by atoms with Crippen LogP contribution in [0.1, 0.15) is 10.4 Å². The van der Waals surface area contributed by atoms with Gasteiger partial charge in [0.15, 0.2) is 0 Å². The van der Waals surface area contributed by atoms with Crippen molar-refractivity contribution in [3.05, 3.63) is 53.6 Å². The Balaban J connectivity index is 2.83. The standard InChI is InChI=1S/C11H10ClN3O/c1-3-9(7-13-2)15-11(16)8-4-5-14-10(12)6-8/h3-7H,1-2H2,(H,15,16)/b9-7+. The normalized spacial score (nSPS) is 10.7. The molecule has 0 radical (unpaired) electrons. The molecule has 1 N–H and O–H groups in total. The van der Waals surface area contributed by atoms with Gasteiger partial charge in [-0.25, -0.2) is 4.98 Å². The number of aliphatic imine (C=N–C) groups is 1. The Labute approximate surface area is 98.4 Å². The van der Waals surface area contributed by atoms with Crippen LogP contribution >= 0.6 is 11.6 Å². The molecule has 4 nitrogen and oxygen atoms in total. The molecule has 0 fully saturated rings. The zero-order chi connectivity index (χ0) is 12.0. The Morgan fingerprint density at radius 2 is 2.38 bits per heavy atom. The van der Waals surface area contributed by atoms with E-state index in [9.17, 15) is 4.79 Å². The molecular formula is C11H10ClN3O. The largest absolute Gasteiger partial charge is 0.321 e. The highest BCUT2D eigenvalue weighted by Crippen LogP contribution is 2.07. The molecule has 0 aliphatic heterocycles. The van der Waals surface area contributed by atoms with Crippen LogP contribution in [0.25, 0.3) is 0 Å². The van der Waals surface area contributed by atoms with Gasteiger partial charge >= 0.3 is 0 Å². The molecule has 1 amide bonds. The van der Waals surface area contributed by atoms with Crippen LogP contribution in [0.5, 0.6) is 0 Å². The third kappa shape index (κ3) is 3.33. The van der Waals surface area contributed by atoms with Crippen LogP contribution in [0.3, 0.4) is 0 Å². The van der Waals surface area contributed by atoms with E-state index in [4.69, 9.17) is 11.6 Å². The summed E-state index contributed by atoms with van der Waals surface area (Å²) in [5.41, 5.74) is 0.879. The van der Waals surface area contributed by atoms with E-state index in [1.54, 1.807) is 6.07 Å². The van der Waals surface area contributed by atoms with Crippen LogP contribution in [0.4, 0.5) is 0 Å². The molecular weight excluding hydrogens is 226 g/mol. The molecule has 1 rings (SSSR count). The monoisotopic (exact) mass is 235 g/mol. The highest BCUT2D eigenvalue weighted by atomic mass is 35.5. The molecule has 0 saturated carbocycles. The summed E-state index contributed by atoms with van der Waals surface area (Å²) in [6.07, 6.45) is 4.32. The lowest BCUT2D eigenvalue weighted by Crippen LogP contribution is -2.21. The SMILES string of the molecule is C=C/C(=C\N=C)NC(=O)c1ccnc(Cl)c1. The van der Waals surface area contributed by atoms with Gasteiger partial charge < -0.3 is 5.32 Å². The second-order valence-corrected chi connectivity index (χ2v) is 3.18. The van der Waals surface area contributed by atoms with Crippen molar-refractivity contribution in [1.29, 1.82) is 0 Å². The van der Waals surface area contributed by atoms with Gasteiger partial charge in [0.2, 0.25) is 0 Å². The molecule has 0 saturated heterocycles. The number of hydrogen-bond donors (Lipinski definition) is 1.